The Kier molecular flexibility index (Phi) is 3.95. The smallest absolute Gasteiger partial charge is 0.0271 e. The van der Waals surface area contributed by atoms with Crippen LogP contribution < -0.4 is 0 Å². The Hall–Kier alpha value is -1.19. The van der Waals surface area contributed by atoms with Crippen molar-refractivity contribution in [1.29, 1.82) is 0 Å². The van der Waals surface area contributed by atoms with E-state index in [1.165, 1.54) is 28.6 Å². The molecule has 1 aromatic heterocycles. The van der Waals surface area contributed by atoms with Gasteiger partial charge in [-0.1, -0.05) is 28.1 Å². The number of nitrogens with zero attached hydrogens (tertiary/aromatic N) is 2. The molecule has 1 aliphatic rings. The third-order valence-corrected chi connectivity index (χ3v) is 4.24. The summed E-state index contributed by atoms with van der Waals surface area (Å²) in [6.07, 6.45) is 5.00. The minimum absolute atomic E-state index is 0.666. The molecule has 1 saturated heterocycles. The van der Waals surface area contributed by atoms with Crippen LogP contribution in [-0.4, -0.2) is 23.0 Å². The Morgan fingerprint density at radius 2 is 2.05 bits per heavy atom. The first-order chi connectivity index (χ1) is 9.31. The maximum Gasteiger partial charge on any atom is 0.0271 e. The average molecular weight is 317 g/mol. The first-order valence-electron chi connectivity index (χ1n) is 6.68. The summed E-state index contributed by atoms with van der Waals surface area (Å²) in [5.74, 6) is 0.666. The van der Waals surface area contributed by atoms with Gasteiger partial charge in [-0.3, -0.25) is 9.88 Å². The van der Waals surface area contributed by atoms with E-state index in [-0.39, 0.29) is 0 Å². The number of hydrogen-bond donors (Lipinski definition) is 0. The Labute approximate surface area is 122 Å². The van der Waals surface area contributed by atoms with Crippen molar-refractivity contribution in [3.05, 3.63) is 64.4 Å². The van der Waals surface area contributed by atoms with Crippen LogP contribution in [0, 0.1) is 0 Å². The summed E-state index contributed by atoms with van der Waals surface area (Å²) < 4.78 is 1.18. The SMILES string of the molecule is Brc1cccc(C2CCN(Cc3ccncc3)C2)c1. The molecule has 1 unspecified atom stereocenters. The number of benzene rings is 1. The Morgan fingerprint density at radius 1 is 1.21 bits per heavy atom. The van der Waals surface area contributed by atoms with Crippen molar-refractivity contribution in [3.63, 3.8) is 0 Å². The van der Waals surface area contributed by atoms with Crippen LogP contribution in [0.2, 0.25) is 0 Å². The molecule has 3 rings (SSSR count). The first kappa shape index (κ1) is 12.8. The monoisotopic (exact) mass is 316 g/mol. The molecule has 98 valence electrons. The maximum atomic E-state index is 4.07. The van der Waals surface area contributed by atoms with Crippen LogP contribution in [0.4, 0.5) is 0 Å². The fourth-order valence-electron chi connectivity index (χ4n) is 2.76. The van der Waals surface area contributed by atoms with Crippen molar-refractivity contribution in [2.45, 2.75) is 18.9 Å². The quantitative estimate of drug-likeness (QED) is 0.855. The predicted molar refractivity (Wildman–Crippen MR) is 81.0 cm³/mol. The number of halogens is 1. The van der Waals surface area contributed by atoms with Crippen molar-refractivity contribution in [1.82, 2.24) is 9.88 Å². The fraction of sp³-hybridized carbons (Fsp3) is 0.312. The lowest BCUT2D eigenvalue weighted by atomic mass is 9.99. The average Bonchev–Trinajstić information content (AvgIpc) is 2.88. The van der Waals surface area contributed by atoms with Crippen molar-refractivity contribution in [3.8, 4) is 0 Å². The third kappa shape index (κ3) is 3.23. The van der Waals surface area contributed by atoms with Crippen LogP contribution in [0.3, 0.4) is 0 Å². The van der Waals surface area contributed by atoms with Gasteiger partial charge in [-0.25, -0.2) is 0 Å². The van der Waals surface area contributed by atoms with E-state index in [9.17, 15) is 0 Å². The van der Waals surface area contributed by atoms with Gasteiger partial charge in [0.25, 0.3) is 0 Å². The van der Waals surface area contributed by atoms with Crippen LogP contribution in [0.5, 0.6) is 0 Å². The zero-order valence-electron chi connectivity index (χ0n) is 10.8. The number of rotatable bonds is 3. The van der Waals surface area contributed by atoms with E-state index >= 15 is 0 Å². The number of aromatic nitrogens is 1. The standard InChI is InChI=1S/C16H17BrN2/c17-16-3-1-2-14(10-16)15-6-9-19(12-15)11-13-4-7-18-8-5-13/h1-5,7-8,10,15H,6,9,11-12H2. The van der Waals surface area contributed by atoms with Crippen LogP contribution in [0.1, 0.15) is 23.5 Å². The molecule has 1 aromatic carbocycles. The summed E-state index contributed by atoms with van der Waals surface area (Å²) in [6.45, 7) is 3.37. The van der Waals surface area contributed by atoms with Gasteiger partial charge in [0, 0.05) is 30.0 Å². The van der Waals surface area contributed by atoms with Gasteiger partial charge < -0.3 is 0 Å². The molecule has 2 aromatic rings. The van der Waals surface area contributed by atoms with Gasteiger partial charge in [0.05, 0.1) is 0 Å². The summed E-state index contributed by atoms with van der Waals surface area (Å²) >= 11 is 3.56. The molecule has 0 radical (unpaired) electrons. The molecule has 0 aliphatic carbocycles. The highest BCUT2D eigenvalue weighted by atomic mass is 79.9. The lowest BCUT2D eigenvalue weighted by Crippen LogP contribution is -2.19. The van der Waals surface area contributed by atoms with E-state index in [2.05, 4.69) is 62.2 Å². The summed E-state index contributed by atoms with van der Waals surface area (Å²) in [7, 11) is 0. The minimum Gasteiger partial charge on any atom is -0.298 e. The molecular weight excluding hydrogens is 300 g/mol. The van der Waals surface area contributed by atoms with Crippen molar-refractivity contribution in [2.75, 3.05) is 13.1 Å². The van der Waals surface area contributed by atoms with Gasteiger partial charge in [-0.05, 0) is 54.3 Å². The molecule has 0 bridgehead atoms. The van der Waals surface area contributed by atoms with Crippen molar-refractivity contribution in [2.24, 2.45) is 0 Å². The second-order valence-electron chi connectivity index (χ2n) is 5.13. The molecule has 0 amide bonds. The highest BCUT2D eigenvalue weighted by Gasteiger charge is 2.23. The van der Waals surface area contributed by atoms with E-state index in [0.29, 0.717) is 5.92 Å². The van der Waals surface area contributed by atoms with Crippen LogP contribution in [0.15, 0.2) is 53.3 Å². The lowest BCUT2D eigenvalue weighted by Gasteiger charge is -2.16. The fourth-order valence-corrected chi connectivity index (χ4v) is 3.17. The Balaban J connectivity index is 1.64. The molecule has 0 saturated carbocycles. The third-order valence-electron chi connectivity index (χ3n) is 3.75. The second kappa shape index (κ2) is 5.85. The van der Waals surface area contributed by atoms with Gasteiger partial charge in [0.2, 0.25) is 0 Å². The van der Waals surface area contributed by atoms with Gasteiger partial charge in [-0.2, -0.15) is 0 Å². The van der Waals surface area contributed by atoms with Gasteiger partial charge in [-0.15, -0.1) is 0 Å². The molecule has 1 atom stereocenters. The van der Waals surface area contributed by atoms with E-state index in [1.54, 1.807) is 0 Å². The minimum atomic E-state index is 0.666. The normalized spacial score (nSPS) is 19.7. The molecule has 19 heavy (non-hydrogen) atoms. The maximum absolute atomic E-state index is 4.07. The predicted octanol–water partition coefficient (Wildman–Crippen LogP) is 3.83. The molecule has 2 heterocycles. The molecule has 2 nitrogen and oxygen atoms in total. The Bertz CT molecular complexity index is 541. The summed E-state index contributed by atoms with van der Waals surface area (Å²) in [5, 5.41) is 0. The highest BCUT2D eigenvalue weighted by molar-refractivity contribution is 9.10. The zero-order chi connectivity index (χ0) is 13.1. The van der Waals surface area contributed by atoms with Crippen LogP contribution >= 0.6 is 15.9 Å². The molecule has 1 aliphatic heterocycles. The molecule has 1 fully saturated rings. The number of likely N-dealkylation sites (tertiary alicyclic amines) is 1. The summed E-state index contributed by atoms with van der Waals surface area (Å²) in [5.41, 5.74) is 2.80. The van der Waals surface area contributed by atoms with Crippen molar-refractivity contribution >= 4 is 15.9 Å². The highest BCUT2D eigenvalue weighted by Crippen LogP contribution is 2.29. The molecule has 0 N–H and O–H groups in total. The van der Waals surface area contributed by atoms with Crippen LogP contribution in [0.25, 0.3) is 0 Å². The summed E-state index contributed by atoms with van der Waals surface area (Å²) in [4.78, 5) is 6.60. The zero-order valence-corrected chi connectivity index (χ0v) is 12.4. The van der Waals surface area contributed by atoms with Crippen LogP contribution in [-0.2, 0) is 6.54 Å². The largest absolute Gasteiger partial charge is 0.298 e. The van der Waals surface area contributed by atoms with Gasteiger partial charge in [0.1, 0.15) is 0 Å². The molecule has 3 heteroatoms. The van der Waals surface area contributed by atoms with E-state index < -0.39 is 0 Å². The molecule has 0 spiro atoms. The Morgan fingerprint density at radius 3 is 2.84 bits per heavy atom. The lowest BCUT2D eigenvalue weighted by molar-refractivity contribution is 0.327. The molecular formula is C16H17BrN2. The first-order valence-corrected chi connectivity index (χ1v) is 7.47. The van der Waals surface area contributed by atoms with Gasteiger partial charge in [0.15, 0.2) is 0 Å². The number of hydrogen-bond acceptors (Lipinski definition) is 2. The van der Waals surface area contributed by atoms with E-state index in [4.69, 9.17) is 0 Å². The number of pyridine rings is 1. The van der Waals surface area contributed by atoms with Crippen molar-refractivity contribution < 1.29 is 0 Å². The van der Waals surface area contributed by atoms with Gasteiger partial charge >= 0.3 is 0 Å². The van der Waals surface area contributed by atoms with E-state index in [0.717, 1.165) is 13.1 Å². The topological polar surface area (TPSA) is 16.1 Å². The second-order valence-corrected chi connectivity index (χ2v) is 6.05. The summed E-state index contributed by atoms with van der Waals surface area (Å²) in [6, 6.07) is 12.9. The van der Waals surface area contributed by atoms with E-state index in [1.807, 2.05) is 12.4 Å².